The van der Waals surface area contributed by atoms with Crippen molar-refractivity contribution in [3.05, 3.63) is 22.7 Å². The molecule has 1 aliphatic carbocycles. The summed E-state index contributed by atoms with van der Waals surface area (Å²) >= 11 is 0. The average molecular weight is 222 g/mol. The second-order valence-electron chi connectivity index (χ2n) is 3.94. The molecule has 0 saturated heterocycles. The number of amides is 1. The first kappa shape index (κ1) is 10.7. The van der Waals surface area contributed by atoms with Gasteiger partial charge in [-0.3, -0.25) is 9.59 Å². The molecular weight excluding hydrogens is 208 g/mol. The Morgan fingerprint density at radius 3 is 3.06 bits per heavy atom. The maximum atomic E-state index is 11.5. The van der Waals surface area contributed by atoms with Crippen molar-refractivity contribution in [3.63, 3.8) is 0 Å². The van der Waals surface area contributed by atoms with Gasteiger partial charge in [0.25, 0.3) is 5.56 Å². The number of carbonyl (C=O) groups is 1. The molecule has 0 spiro atoms. The van der Waals surface area contributed by atoms with Crippen LogP contribution in [0, 0.1) is 0 Å². The molecule has 0 unspecified atom stereocenters. The molecule has 6 nitrogen and oxygen atoms in total. The van der Waals surface area contributed by atoms with Crippen LogP contribution in [-0.2, 0) is 4.79 Å². The fourth-order valence-electron chi connectivity index (χ4n) is 1.41. The zero-order valence-corrected chi connectivity index (χ0v) is 9.06. The lowest BCUT2D eigenvalue weighted by Gasteiger charge is -2.16. The summed E-state index contributed by atoms with van der Waals surface area (Å²) in [6.07, 6.45) is 5.06. The molecule has 1 aliphatic rings. The van der Waals surface area contributed by atoms with Crippen molar-refractivity contribution in [1.82, 2.24) is 15.3 Å². The second-order valence-corrected chi connectivity index (χ2v) is 3.94. The van der Waals surface area contributed by atoms with E-state index in [2.05, 4.69) is 15.3 Å². The highest BCUT2D eigenvalue weighted by molar-refractivity contribution is 5.81. The van der Waals surface area contributed by atoms with Gasteiger partial charge in [0, 0.05) is 25.5 Å². The number of nitrogens with zero attached hydrogens (tertiary/aromatic N) is 2. The zero-order valence-electron chi connectivity index (χ0n) is 9.06. The summed E-state index contributed by atoms with van der Waals surface area (Å²) in [5, 5.41) is 2.85. The fraction of sp³-hybridized carbons (Fsp3) is 0.500. The van der Waals surface area contributed by atoms with Crippen LogP contribution >= 0.6 is 0 Å². The van der Waals surface area contributed by atoms with E-state index < -0.39 is 0 Å². The SMILES string of the molecule is CN(CC(=O)NC1CC1)c1ncc[nH]c1=O. The third kappa shape index (κ3) is 2.59. The number of hydrogen-bond acceptors (Lipinski definition) is 4. The van der Waals surface area contributed by atoms with Gasteiger partial charge in [0.1, 0.15) is 0 Å². The Hall–Kier alpha value is -1.85. The fourth-order valence-corrected chi connectivity index (χ4v) is 1.41. The van der Waals surface area contributed by atoms with E-state index in [4.69, 9.17) is 0 Å². The number of anilines is 1. The Bertz CT molecular complexity index is 438. The zero-order chi connectivity index (χ0) is 11.5. The van der Waals surface area contributed by atoms with Gasteiger partial charge in [-0.15, -0.1) is 0 Å². The Morgan fingerprint density at radius 2 is 2.44 bits per heavy atom. The van der Waals surface area contributed by atoms with Crippen molar-refractivity contribution in [3.8, 4) is 0 Å². The van der Waals surface area contributed by atoms with Gasteiger partial charge >= 0.3 is 0 Å². The van der Waals surface area contributed by atoms with Gasteiger partial charge in [0.2, 0.25) is 5.91 Å². The average Bonchev–Trinajstić information content (AvgIpc) is 3.01. The molecule has 1 heterocycles. The minimum Gasteiger partial charge on any atom is -0.352 e. The lowest BCUT2D eigenvalue weighted by Crippen LogP contribution is -2.38. The first-order valence-electron chi connectivity index (χ1n) is 5.21. The molecule has 0 atom stereocenters. The summed E-state index contributed by atoms with van der Waals surface area (Å²) < 4.78 is 0. The van der Waals surface area contributed by atoms with Crippen LogP contribution in [-0.4, -0.2) is 35.5 Å². The summed E-state index contributed by atoms with van der Waals surface area (Å²) in [7, 11) is 1.67. The number of hydrogen-bond donors (Lipinski definition) is 2. The van der Waals surface area contributed by atoms with E-state index in [0.717, 1.165) is 12.8 Å². The highest BCUT2D eigenvalue weighted by Gasteiger charge is 2.23. The molecule has 1 fully saturated rings. The first-order valence-corrected chi connectivity index (χ1v) is 5.21. The number of aromatic amines is 1. The molecule has 2 N–H and O–H groups in total. The second kappa shape index (κ2) is 4.34. The lowest BCUT2D eigenvalue weighted by atomic mass is 10.4. The molecule has 1 aromatic heterocycles. The van der Waals surface area contributed by atoms with Gasteiger partial charge in [0.05, 0.1) is 6.54 Å². The number of carbonyl (C=O) groups excluding carboxylic acids is 1. The molecule has 1 aromatic rings. The third-order valence-electron chi connectivity index (χ3n) is 2.37. The van der Waals surface area contributed by atoms with Crippen molar-refractivity contribution >= 4 is 11.7 Å². The number of likely N-dealkylation sites (N-methyl/N-ethyl adjacent to an activating group) is 1. The third-order valence-corrected chi connectivity index (χ3v) is 2.37. The predicted molar refractivity (Wildman–Crippen MR) is 59.3 cm³/mol. The molecule has 16 heavy (non-hydrogen) atoms. The van der Waals surface area contributed by atoms with Crippen LogP contribution in [0.5, 0.6) is 0 Å². The Kier molecular flexibility index (Phi) is 2.89. The molecule has 0 aliphatic heterocycles. The topological polar surface area (TPSA) is 78.1 Å². The van der Waals surface area contributed by atoms with Crippen molar-refractivity contribution < 1.29 is 4.79 Å². The van der Waals surface area contributed by atoms with Gasteiger partial charge < -0.3 is 15.2 Å². The van der Waals surface area contributed by atoms with E-state index in [1.54, 1.807) is 7.05 Å². The van der Waals surface area contributed by atoms with Crippen LogP contribution in [0.4, 0.5) is 5.82 Å². The van der Waals surface area contributed by atoms with E-state index in [-0.39, 0.29) is 23.8 Å². The minimum absolute atomic E-state index is 0.0740. The maximum absolute atomic E-state index is 11.5. The van der Waals surface area contributed by atoms with E-state index in [1.165, 1.54) is 17.3 Å². The van der Waals surface area contributed by atoms with E-state index >= 15 is 0 Å². The van der Waals surface area contributed by atoms with Crippen molar-refractivity contribution in [2.75, 3.05) is 18.5 Å². The molecular formula is C10H14N4O2. The standard InChI is InChI=1S/C10H14N4O2/c1-14(6-8(15)13-7-2-3-7)9-10(16)12-5-4-11-9/h4-5,7H,2-3,6H2,1H3,(H,12,16)(H,13,15). The number of aromatic nitrogens is 2. The number of rotatable bonds is 4. The molecule has 2 rings (SSSR count). The Morgan fingerprint density at radius 1 is 1.69 bits per heavy atom. The Labute approximate surface area is 92.7 Å². The molecule has 0 bridgehead atoms. The number of nitrogens with one attached hydrogen (secondary N) is 2. The molecule has 1 saturated carbocycles. The van der Waals surface area contributed by atoms with Crippen LogP contribution in [0.2, 0.25) is 0 Å². The summed E-state index contributed by atoms with van der Waals surface area (Å²) in [6.45, 7) is 0.149. The van der Waals surface area contributed by atoms with Crippen LogP contribution in [0.1, 0.15) is 12.8 Å². The van der Waals surface area contributed by atoms with Gasteiger partial charge in [0.15, 0.2) is 5.82 Å². The molecule has 6 heteroatoms. The van der Waals surface area contributed by atoms with Crippen molar-refractivity contribution in [2.45, 2.75) is 18.9 Å². The van der Waals surface area contributed by atoms with Crippen LogP contribution in [0.15, 0.2) is 17.2 Å². The Balaban J connectivity index is 1.96. The van der Waals surface area contributed by atoms with Crippen LogP contribution < -0.4 is 15.8 Å². The van der Waals surface area contributed by atoms with Crippen LogP contribution in [0.25, 0.3) is 0 Å². The molecule has 0 aromatic carbocycles. The van der Waals surface area contributed by atoms with Gasteiger partial charge in [-0.25, -0.2) is 4.98 Å². The first-order chi connectivity index (χ1) is 7.66. The normalized spacial score (nSPS) is 14.6. The van der Waals surface area contributed by atoms with Gasteiger partial charge in [-0.1, -0.05) is 0 Å². The predicted octanol–water partition coefficient (Wildman–Crippen LogP) is -0.515. The summed E-state index contributed by atoms with van der Waals surface area (Å²) in [5.74, 6) is 0.184. The highest BCUT2D eigenvalue weighted by Crippen LogP contribution is 2.18. The number of H-pyrrole nitrogens is 1. The maximum Gasteiger partial charge on any atom is 0.290 e. The summed E-state index contributed by atoms with van der Waals surface area (Å²) in [4.78, 5) is 30.9. The van der Waals surface area contributed by atoms with E-state index in [0.29, 0.717) is 6.04 Å². The molecule has 86 valence electrons. The monoisotopic (exact) mass is 222 g/mol. The smallest absolute Gasteiger partial charge is 0.290 e. The summed E-state index contributed by atoms with van der Waals surface area (Å²) in [5.41, 5.74) is -0.288. The molecule has 1 amide bonds. The quantitative estimate of drug-likeness (QED) is 0.719. The van der Waals surface area contributed by atoms with Crippen LogP contribution in [0.3, 0.4) is 0 Å². The van der Waals surface area contributed by atoms with Gasteiger partial charge in [-0.05, 0) is 12.8 Å². The summed E-state index contributed by atoms with van der Waals surface area (Å²) in [6, 6.07) is 0.336. The highest BCUT2D eigenvalue weighted by atomic mass is 16.2. The van der Waals surface area contributed by atoms with E-state index in [1.807, 2.05) is 0 Å². The largest absolute Gasteiger partial charge is 0.352 e. The van der Waals surface area contributed by atoms with Crippen molar-refractivity contribution in [1.29, 1.82) is 0 Å². The van der Waals surface area contributed by atoms with Gasteiger partial charge in [-0.2, -0.15) is 0 Å². The lowest BCUT2D eigenvalue weighted by molar-refractivity contribution is -0.119. The van der Waals surface area contributed by atoms with E-state index in [9.17, 15) is 9.59 Å². The van der Waals surface area contributed by atoms with Crippen molar-refractivity contribution in [2.24, 2.45) is 0 Å². The molecule has 0 radical (unpaired) electrons. The minimum atomic E-state index is -0.288.